The standard InChI is InChI=1S/C15H22O2S/c1-11(2)5-10-15(13(4)16)18(17)14-8-6-12(3)7-9-14/h5-9,13,15-16H,10H2,1-4H3/t13-,15-,18-/m0/s1. The molecule has 1 N–H and O–H groups in total. The van der Waals surface area contributed by atoms with Crippen molar-refractivity contribution >= 4 is 10.8 Å². The van der Waals surface area contributed by atoms with E-state index in [9.17, 15) is 9.32 Å². The predicted octanol–water partition coefficient (Wildman–Crippen LogP) is 3.21. The lowest BCUT2D eigenvalue weighted by atomic mass is 10.1. The van der Waals surface area contributed by atoms with E-state index in [1.165, 1.54) is 5.57 Å². The summed E-state index contributed by atoms with van der Waals surface area (Å²) in [7, 11) is -1.17. The van der Waals surface area contributed by atoms with E-state index < -0.39 is 16.9 Å². The lowest BCUT2D eigenvalue weighted by molar-refractivity contribution is 0.190. The molecular weight excluding hydrogens is 244 g/mol. The first-order valence-corrected chi connectivity index (χ1v) is 7.41. The van der Waals surface area contributed by atoms with Crippen LogP contribution in [0.1, 0.15) is 32.8 Å². The summed E-state index contributed by atoms with van der Waals surface area (Å²) in [6.45, 7) is 7.72. The van der Waals surface area contributed by atoms with Crippen molar-refractivity contribution in [3.05, 3.63) is 41.5 Å². The van der Waals surface area contributed by atoms with Crippen LogP contribution in [-0.2, 0) is 10.8 Å². The fraction of sp³-hybridized carbons (Fsp3) is 0.467. The maximum atomic E-state index is 12.4. The molecule has 3 atom stereocenters. The van der Waals surface area contributed by atoms with Gasteiger partial charge in [-0.15, -0.1) is 0 Å². The second-order valence-electron chi connectivity index (χ2n) is 4.91. The van der Waals surface area contributed by atoms with Crippen LogP contribution in [0.5, 0.6) is 0 Å². The summed E-state index contributed by atoms with van der Waals surface area (Å²) in [4.78, 5) is 0.786. The molecule has 0 saturated carbocycles. The van der Waals surface area contributed by atoms with Gasteiger partial charge in [0, 0.05) is 4.90 Å². The number of aliphatic hydroxyl groups is 1. The van der Waals surface area contributed by atoms with Crippen LogP contribution in [0.4, 0.5) is 0 Å². The second kappa shape index (κ2) is 6.86. The molecule has 3 heteroatoms. The van der Waals surface area contributed by atoms with Crippen LogP contribution in [0.15, 0.2) is 40.8 Å². The molecule has 18 heavy (non-hydrogen) atoms. The average molecular weight is 266 g/mol. The molecule has 0 saturated heterocycles. The van der Waals surface area contributed by atoms with Gasteiger partial charge in [0.05, 0.1) is 22.2 Å². The van der Waals surface area contributed by atoms with Crippen molar-refractivity contribution in [2.45, 2.75) is 50.4 Å². The number of aryl methyl sites for hydroxylation is 1. The van der Waals surface area contributed by atoms with Crippen molar-refractivity contribution in [1.29, 1.82) is 0 Å². The van der Waals surface area contributed by atoms with Crippen molar-refractivity contribution in [2.75, 3.05) is 0 Å². The van der Waals surface area contributed by atoms with Crippen molar-refractivity contribution in [2.24, 2.45) is 0 Å². The van der Waals surface area contributed by atoms with Crippen molar-refractivity contribution in [1.82, 2.24) is 0 Å². The highest BCUT2D eigenvalue weighted by molar-refractivity contribution is 7.85. The highest BCUT2D eigenvalue weighted by atomic mass is 32.2. The Morgan fingerprint density at radius 2 is 1.89 bits per heavy atom. The minimum absolute atomic E-state index is 0.248. The topological polar surface area (TPSA) is 37.3 Å². The van der Waals surface area contributed by atoms with Crippen LogP contribution in [0, 0.1) is 6.92 Å². The zero-order valence-electron chi connectivity index (χ0n) is 11.5. The summed E-state index contributed by atoms with van der Waals surface area (Å²) in [5.41, 5.74) is 2.33. The van der Waals surface area contributed by atoms with Gasteiger partial charge in [-0.3, -0.25) is 4.21 Å². The van der Waals surface area contributed by atoms with Crippen molar-refractivity contribution < 1.29 is 9.32 Å². The Labute approximate surface area is 112 Å². The predicted molar refractivity (Wildman–Crippen MR) is 77.1 cm³/mol. The van der Waals surface area contributed by atoms with Gasteiger partial charge in [0.1, 0.15) is 0 Å². The molecule has 0 bridgehead atoms. The zero-order chi connectivity index (χ0) is 13.7. The van der Waals surface area contributed by atoms with Gasteiger partial charge < -0.3 is 5.11 Å². The number of rotatable bonds is 5. The smallest absolute Gasteiger partial charge is 0.0685 e. The van der Waals surface area contributed by atoms with E-state index in [0.717, 1.165) is 10.5 Å². The third kappa shape index (κ3) is 4.39. The number of hydrogen-bond acceptors (Lipinski definition) is 2. The van der Waals surface area contributed by atoms with Crippen LogP contribution in [-0.4, -0.2) is 20.7 Å². The Hall–Kier alpha value is -0.930. The van der Waals surface area contributed by atoms with Crippen molar-refractivity contribution in [3.63, 3.8) is 0 Å². The van der Waals surface area contributed by atoms with E-state index in [2.05, 4.69) is 0 Å². The Morgan fingerprint density at radius 3 is 2.33 bits per heavy atom. The third-order valence-electron chi connectivity index (χ3n) is 2.82. The molecule has 0 unspecified atom stereocenters. The maximum Gasteiger partial charge on any atom is 0.0685 e. The molecule has 1 aromatic carbocycles. The highest BCUT2D eigenvalue weighted by Gasteiger charge is 2.22. The van der Waals surface area contributed by atoms with Gasteiger partial charge in [0.15, 0.2) is 0 Å². The molecule has 2 nitrogen and oxygen atoms in total. The van der Waals surface area contributed by atoms with Crippen LogP contribution in [0.25, 0.3) is 0 Å². The van der Waals surface area contributed by atoms with E-state index in [-0.39, 0.29) is 5.25 Å². The summed E-state index contributed by atoms with van der Waals surface area (Å²) < 4.78 is 12.4. The Morgan fingerprint density at radius 1 is 1.33 bits per heavy atom. The Balaban J connectivity index is 2.89. The van der Waals surface area contributed by atoms with Crippen LogP contribution in [0.3, 0.4) is 0 Å². The molecule has 1 rings (SSSR count). The minimum Gasteiger partial charge on any atom is -0.392 e. The molecule has 0 radical (unpaired) electrons. The molecule has 100 valence electrons. The Kier molecular flexibility index (Phi) is 5.76. The first kappa shape index (κ1) is 15.1. The summed E-state index contributed by atoms with van der Waals surface area (Å²) >= 11 is 0. The SMILES string of the molecule is CC(C)=CC[C@@H]([C@H](C)O)[S@@](=O)c1ccc(C)cc1. The molecule has 0 spiro atoms. The minimum atomic E-state index is -1.17. The van der Waals surface area contributed by atoms with E-state index in [1.807, 2.05) is 51.1 Å². The van der Waals surface area contributed by atoms with Crippen molar-refractivity contribution in [3.8, 4) is 0 Å². The molecule has 0 heterocycles. The summed E-state index contributed by atoms with van der Waals surface area (Å²) in [6.07, 6.45) is 2.09. The summed E-state index contributed by atoms with van der Waals surface area (Å²) in [6, 6.07) is 7.66. The first-order valence-electron chi connectivity index (χ1n) is 6.20. The van der Waals surface area contributed by atoms with Gasteiger partial charge in [0.25, 0.3) is 0 Å². The monoisotopic (exact) mass is 266 g/mol. The van der Waals surface area contributed by atoms with E-state index in [1.54, 1.807) is 6.92 Å². The van der Waals surface area contributed by atoms with Gasteiger partial charge in [-0.1, -0.05) is 29.3 Å². The summed E-state index contributed by atoms with van der Waals surface area (Å²) in [5.74, 6) is 0. The van der Waals surface area contributed by atoms with Gasteiger partial charge in [-0.25, -0.2) is 0 Å². The van der Waals surface area contributed by atoms with Gasteiger partial charge in [-0.2, -0.15) is 0 Å². The number of benzene rings is 1. The largest absolute Gasteiger partial charge is 0.392 e. The molecule has 1 aromatic rings. The molecule has 0 aliphatic heterocycles. The molecule has 0 aliphatic carbocycles. The summed E-state index contributed by atoms with van der Waals surface area (Å²) in [5, 5.41) is 9.54. The number of hydrogen-bond donors (Lipinski definition) is 1. The third-order valence-corrected chi connectivity index (χ3v) is 4.70. The normalized spacial score (nSPS) is 15.8. The fourth-order valence-electron chi connectivity index (χ4n) is 1.66. The average Bonchev–Trinajstić information content (AvgIpc) is 2.29. The van der Waals surface area contributed by atoms with Gasteiger partial charge in [0.2, 0.25) is 0 Å². The molecule has 0 fully saturated rings. The quantitative estimate of drug-likeness (QED) is 0.831. The number of aliphatic hydroxyl groups excluding tert-OH is 1. The highest BCUT2D eigenvalue weighted by Crippen LogP contribution is 2.18. The van der Waals surface area contributed by atoms with Crippen LogP contribution >= 0.6 is 0 Å². The van der Waals surface area contributed by atoms with Gasteiger partial charge in [-0.05, 0) is 46.2 Å². The fourth-order valence-corrected chi connectivity index (χ4v) is 3.04. The van der Waals surface area contributed by atoms with E-state index >= 15 is 0 Å². The zero-order valence-corrected chi connectivity index (χ0v) is 12.3. The molecular formula is C15H22O2S. The van der Waals surface area contributed by atoms with Crippen LogP contribution in [0.2, 0.25) is 0 Å². The first-order chi connectivity index (χ1) is 8.41. The van der Waals surface area contributed by atoms with E-state index in [4.69, 9.17) is 0 Å². The maximum absolute atomic E-state index is 12.4. The lowest BCUT2D eigenvalue weighted by Crippen LogP contribution is -2.27. The Bertz CT molecular complexity index is 428. The lowest BCUT2D eigenvalue weighted by Gasteiger charge is -2.18. The molecule has 0 aromatic heterocycles. The molecule has 0 amide bonds. The molecule has 0 aliphatic rings. The number of allylic oxidation sites excluding steroid dienone is 2. The van der Waals surface area contributed by atoms with Gasteiger partial charge >= 0.3 is 0 Å². The second-order valence-corrected chi connectivity index (χ2v) is 6.58. The van der Waals surface area contributed by atoms with Crippen LogP contribution < -0.4 is 0 Å². The van der Waals surface area contributed by atoms with E-state index in [0.29, 0.717) is 6.42 Å².